The predicted molar refractivity (Wildman–Crippen MR) is 106 cm³/mol. The molecular weight excluding hydrogens is 396 g/mol. The number of carbonyl (C=O) groups excluding carboxylic acids is 1. The molecule has 0 saturated heterocycles. The maximum atomic E-state index is 12.4. The van der Waals surface area contributed by atoms with Crippen LogP contribution in [0.1, 0.15) is 15.9 Å². The third-order valence-electron chi connectivity index (χ3n) is 3.94. The number of pyridine rings is 1. The first-order chi connectivity index (χ1) is 13.8. The van der Waals surface area contributed by atoms with Crippen LogP contribution in [0.25, 0.3) is 0 Å². The molecule has 0 atom stereocenters. The first-order valence-electron chi connectivity index (χ1n) is 8.39. The average Bonchev–Trinajstić information content (AvgIpc) is 2.73. The predicted octanol–water partition coefficient (Wildman–Crippen LogP) is 2.72. The zero-order valence-corrected chi connectivity index (χ0v) is 15.8. The van der Waals surface area contributed by atoms with Crippen LogP contribution in [0, 0.1) is 10.1 Å². The van der Waals surface area contributed by atoms with Gasteiger partial charge in [-0.05, 0) is 35.9 Å². The van der Waals surface area contributed by atoms with Crippen molar-refractivity contribution >= 4 is 27.3 Å². The zero-order chi connectivity index (χ0) is 20.9. The summed E-state index contributed by atoms with van der Waals surface area (Å²) in [4.78, 5) is 26.1. The fraction of sp³-hybridized carbons (Fsp3) is 0.0526. The molecule has 0 spiro atoms. The molecule has 0 unspecified atom stereocenters. The van der Waals surface area contributed by atoms with Crippen LogP contribution < -0.4 is 10.0 Å². The minimum atomic E-state index is -3.92. The highest BCUT2D eigenvalue weighted by Crippen LogP contribution is 2.17. The highest BCUT2D eigenvalue weighted by Gasteiger charge is 2.17. The molecule has 3 aromatic rings. The van der Waals surface area contributed by atoms with Crippen molar-refractivity contribution in [1.82, 2.24) is 9.71 Å². The van der Waals surface area contributed by atoms with Crippen LogP contribution in [-0.4, -0.2) is 24.2 Å². The monoisotopic (exact) mass is 412 g/mol. The Balaban J connectivity index is 1.64. The van der Waals surface area contributed by atoms with E-state index in [1.807, 2.05) is 0 Å². The molecule has 0 radical (unpaired) electrons. The molecule has 2 aromatic carbocycles. The van der Waals surface area contributed by atoms with Crippen LogP contribution in [0.5, 0.6) is 0 Å². The molecule has 1 heterocycles. The minimum Gasteiger partial charge on any atom is -0.321 e. The fourth-order valence-corrected chi connectivity index (χ4v) is 3.50. The number of nitrogens with zero attached hydrogens (tertiary/aromatic N) is 2. The Kier molecular flexibility index (Phi) is 5.96. The quantitative estimate of drug-likeness (QED) is 0.453. The van der Waals surface area contributed by atoms with Crippen LogP contribution in [-0.2, 0) is 16.6 Å². The maximum absolute atomic E-state index is 12.4. The first-order valence-corrected chi connectivity index (χ1v) is 9.88. The van der Waals surface area contributed by atoms with E-state index < -0.39 is 14.9 Å². The summed E-state index contributed by atoms with van der Waals surface area (Å²) < 4.78 is 27.1. The Morgan fingerprint density at radius 1 is 1.07 bits per heavy atom. The van der Waals surface area contributed by atoms with E-state index in [0.29, 0.717) is 16.8 Å². The molecule has 0 aliphatic heterocycles. The van der Waals surface area contributed by atoms with E-state index in [2.05, 4.69) is 15.0 Å². The molecule has 9 nitrogen and oxygen atoms in total. The zero-order valence-electron chi connectivity index (χ0n) is 15.0. The van der Waals surface area contributed by atoms with Gasteiger partial charge < -0.3 is 5.32 Å². The van der Waals surface area contributed by atoms with E-state index in [0.717, 1.165) is 6.07 Å². The van der Waals surface area contributed by atoms with E-state index in [9.17, 15) is 23.3 Å². The molecule has 0 aliphatic carbocycles. The normalized spacial score (nSPS) is 11.0. The Hall–Kier alpha value is -3.63. The minimum absolute atomic E-state index is 0.0322. The largest absolute Gasteiger partial charge is 0.321 e. The number of aromatic nitrogens is 1. The lowest BCUT2D eigenvalue weighted by molar-refractivity contribution is -0.385. The molecule has 0 fully saturated rings. The van der Waals surface area contributed by atoms with Crippen molar-refractivity contribution in [2.75, 3.05) is 5.32 Å². The first kappa shape index (κ1) is 20.1. The van der Waals surface area contributed by atoms with Gasteiger partial charge in [-0.2, -0.15) is 0 Å². The standard InChI is InChI=1S/C19H16N4O5S/c24-19(22-16-3-2-10-20-13-16)15-8-6-14(7-9-15)12-21-29(27,28)18-5-1-4-17(11-18)23(25)26/h1-11,13,21H,12H2,(H,22,24). The van der Waals surface area contributed by atoms with Gasteiger partial charge in [-0.15, -0.1) is 0 Å². The molecule has 29 heavy (non-hydrogen) atoms. The van der Waals surface area contributed by atoms with Crippen molar-refractivity contribution in [3.63, 3.8) is 0 Å². The van der Waals surface area contributed by atoms with Gasteiger partial charge in [0.25, 0.3) is 11.6 Å². The second-order valence-electron chi connectivity index (χ2n) is 5.97. The van der Waals surface area contributed by atoms with E-state index in [1.165, 1.54) is 24.4 Å². The van der Waals surface area contributed by atoms with E-state index in [4.69, 9.17) is 0 Å². The highest BCUT2D eigenvalue weighted by molar-refractivity contribution is 7.89. The van der Waals surface area contributed by atoms with Gasteiger partial charge in [0.05, 0.1) is 21.7 Å². The highest BCUT2D eigenvalue weighted by atomic mass is 32.2. The number of nitro benzene ring substituents is 1. The number of nitrogens with one attached hydrogen (secondary N) is 2. The Bertz CT molecular complexity index is 1130. The third kappa shape index (κ3) is 5.21. The van der Waals surface area contributed by atoms with Gasteiger partial charge in [0.1, 0.15) is 0 Å². The second-order valence-corrected chi connectivity index (χ2v) is 7.74. The number of amides is 1. The Labute approximate surface area is 166 Å². The lowest BCUT2D eigenvalue weighted by atomic mass is 10.1. The fourth-order valence-electron chi connectivity index (χ4n) is 2.44. The molecule has 2 N–H and O–H groups in total. The van der Waals surface area contributed by atoms with Gasteiger partial charge in [-0.3, -0.25) is 19.9 Å². The van der Waals surface area contributed by atoms with Crippen LogP contribution >= 0.6 is 0 Å². The third-order valence-corrected chi connectivity index (χ3v) is 5.34. The van der Waals surface area contributed by atoms with Crippen molar-refractivity contribution in [3.8, 4) is 0 Å². The summed E-state index contributed by atoms with van der Waals surface area (Å²) in [6, 6.07) is 14.6. The number of anilines is 1. The molecule has 1 aromatic heterocycles. The molecule has 1 amide bonds. The van der Waals surface area contributed by atoms with Crippen molar-refractivity contribution in [1.29, 1.82) is 0 Å². The van der Waals surface area contributed by atoms with Crippen LogP contribution in [0.4, 0.5) is 11.4 Å². The van der Waals surface area contributed by atoms with Gasteiger partial charge in [0.2, 0.25) is 10.0 Å². The van der Waals surface area contributed by atoms with Gasteiger partial charge >= 0.3 is 0 Å². The number of sulfonamides is 1. The molecule has 0 saturated carbocycles. The number of hydrogen-bond acceptors (Lipinski definition) is 6. The van der Waals surface area contributed by atoms with Crippen LogP contribution in [0.15, 0.2) is 78.0 Å². The number of non-ortho nitro benzene ring substituents is 1. The van der Waals surface area contributed by atoms with Gasteiger partial charge in [-0.1, -0.05) is 18.2 Å². The molecule has 148 valence electrons. The Morgan fingerprint density at radius 2 is 1.83 bits per heavy atom. The summed E-state index contributed by atoms with van der Waals surface area (Å²) in [7, 11) is -3.92. The molecule has 10 heteroatoms. The molecule has 0 aliphatic rings. The summed E-state index contributed by atoms with van der Waals surface area (Å²) >= 11 is 0. The SMILES string of the molecule is O=C(Nc1cccnc1)c1ccc(CNS(=O)(=O)c2cccc([N+](=O)[O-])c2)cc1. The molecular formula is C19H16N4O5S. The van der Waals surface area contributed by atoms with E-state index in [1.54, 1.807) is 42.6 Å². The van der Waals surface area contributed by atoms with Gasteiger partial charge in [0.15, 0.2) is 0 Å². The number of hydrogen-bond donors (Lipinski definition) is 2. The van der Waals surface area contributed by atoms with Crippen molar-refractivity contribution < 1.29 is 18.1 Å². The number of carbonyl (C=O) groups is 1. The second kappa shape index (κ2) is 8.59. The Morgan fingerprint density at radius 3 is 2.48 bits per heavy atom. The summed E-state index contributed by atoms with van der Waals surface area (Å²) in [5.41, 5.74) is 1.28. The maximum Gasteiger partial charge on any atom is 0.270 e. The lowest BCUT2D eigenvalue weighted by Crippen LogP contribution is -2.23. The summed E-state index contributed by atoms with van der Waals surface area (Å²) in [6.07, 6.45) is 3.12. The smallest absolute Gasteiger partial charge is 0.270 e. The summed E-state index contributed by atoms with van der Waals surface area (Å²) in [6.45, 7) is -0.0322. The number of nitro groups is 1. The summed E-state index contributed by atoms with van der Waals surface area (Å²) in [5, 5.41) is 13.5. The van der Waals surface area contributed by atoms with Crippen molar-refractivity contribution in [3.05, 3.63) is 94.3 Å². The van der Waals surface area contributed by atoms with Crippen LogP contribution in [0.3, 0.4) is 0 Å². The van der Waals surface area contributed by atoms with Gasteiger partial charge in [-0.25, -0.2) is 13.1 Å². The lowest BCUT2D eigenvalue weighted by Gasteiger charge is -2.08. The number of benzene rings is 2. The van der Waals surface area contributed by atoms with Crippen molar-refractivity contribution in [2.45, 2.75) is 11.4 Å². The van der Waals surface area contributed by atoms with E-state index in [-0.39, 0.29) is 23.0 Å². The van der Waals surface area contributed by atoms with E-state index >= 15 is 0 Å². The number of rotatable bonds is 7. The topological polar surface area (TPSA) is 131 Å². The summed E-state index contributed by atoms with van der Waals surface area (Å²) in [5.74, 6) is -0.318. The van der Waals surface area contributed by atoms with Crippen molar-refractivity contribution in [2.24, 2.45) is 0 Å². The van der Waals surface area contributed by atoms with Gasteiger partial charge in [0, 0.05) is 30.4 Å². The van der Waals surface area contributed by atoms with Crippen LogP contribution in [0.2, 0.25) is 0 Å². The molecule has 3 rings (SSSR count). The average molecular weight is 412 g/mol. The molecule has 0 bridgehead atoms.